The van der Waals surface area contributed by atoms with E-state index in [0.29, 0.717) is 13.1 Å². The van der Waals surface area contributed by atoms with Gasteiger partial charge < -0.3 is 9.88 Å². The van der Waals surface area contributed by atoms with Gasteiger partial charge in [-0.3, -0.25) is 9.89 Å². The average molecular weight is 462 g/mol. The van der Waals surface area contributed by atoms with Crippen LogP contribution >= 0.6 is 22.6 Å². The molecule has 136 valence electrons. The molecule has 9 heteroatoms. The third kappa shape index (κ3) is 3.91. The van der Waals surface area contributed by atoms with Crippen LogP contribution in [0.15, 0.2) is 23.6 Å². The van der Waals surface area contributed by atoms with Crippen molar-refractivity contribution in [3.63, 3.8) is 0 Å². The molecule has 1 fully saturated rings. The van der Waals surface area contributed by atoms with Crippen LogP contribution in [0.25, 0.3) is 11.0 Å². The lowest BCUT2D eigenvalue weighted by atomic mass is 10.0. The van der Waals surface area contributed by atoms with Gasteiger partial charge >= 0.3 is 5.92 Å². The van der Waals surface area contributed by atoms with Gasteiger partial charge in [-0.05, 0) is 41.5 Å². The number of aliphatic imine (C=N–C) groups is 1. The maximum absolute atomic E-state index is 14.1. The van der Waals surface area contributed by atoms with Crippen LogP contribution in [-0.2, 0) is 0 Å². The Morgan fingerprint density at radius 1 is 1.44 bits per heavy atom. The Morgan fingerprint density at radius 3 is 2.84 bits per heavy atom. The van der Waals surface area contributed by atoms with Crippen molar-refractivity contribution < 1.29 is 8.78 Å². The van der Waals surface area contributed by atoms with Crippen molar-refractivity contribution in [1.82, 2.24) is 19.9 Å². The molecule has 0 aliphatic carbocycles. The number of fused-ring (bicyclic) bond motifs is 1. The van der Waals surface area contributed by atoms with Gasteiger partial charge in [-0.1, -0.05) is 0 Å². The van der Waals surface area contributed by atoms with Crippen molar-refractivity contribution in [2.75, 3.05) is 38.6 Å². The van der Waals surface area contributed by atoms with Crippen LogP contribution in [0.3, 0.4) is 0 Å². The first-order chi connectivity index (χ1) is 11.9. The number of rotatable bonds is 5. The van der Waals surface area contributed by atoms with E-state index in [0.717, 1.165) is 29.7 Å². The SMILES string of the molecule is C/N=C(\I)C(F)(F)CN1CCC(N(C)c2ncnc3[nH]ccc23)CC1. The van der Waals surface area contributed by atoms with E-state index in [1.807, 2.05) is 24.2 Å². The average Bonchev–Trinajstić information content (AvgIpc) is 3.09. The van der Waals surface area contributed by atoms with E-state index in [2.05, 4.69) is 24.8 Å². The lowest BCUT2D eigenvalue weighted by molar-refractivity contribution is 0.0279. The lowest BCUT2D eigenvalue weighted by Gasteiger charge is -2.38. The van der Waals surface area contributed by atoms with Gasteiger partial charge in [0.15, 0.2) is 0 Å². The Hall–Kier alpha value is -1.36. The molecule has 0 bridgehead atoms. The number of aromatic amines is 1. The number of halogens is 3. The van der Waals surface area contributed by atoms with Gasteiger partial charge in [0, 0.05) is 39.4 Å². The summed E-state index contributed by atoms with van der Waals surface area (Å²) >= 11 is 1.62. The molecule has 1 saturated heterocycles. The van der Waals surface area contributed by atoms with Gasteiger partial charge in [0.25, 0.3) is 0 Å². The number of anilines is 1. The highest BCUT2D eigenvalue weighted by atomic mass is 127. The Bertz CT molecular complexity index is 754. The molecule has 0 saturated carbocycles. The van der Waals surface area contributed by atoms with Gasteiger partial charge in [0.1, 0.15) is 21.5 Å². The Kier molecular flexibility index (Phi) is 5.52. The maximum Gasteiger partial charge on any atom is 0.307 e. The molecule has 25 heavy (non-hydrogen) atoms. The van der Waals surface area contributed by atoms with E-state index in [9.17, 15) is 8.78 Å². The summed E-state index contributed by atoms with van der Waals surface area (Å²) in [5.74, 6) is -2.00. The van der Waals surface area contributed by atoms with Crippen molar-refractivity contribution in [2.45, 2.75) is 24.8 Å². The van der Waals surface area contributed by atoms with E-state index in [4.69, 9.17) is 0 Å². The summed E-state index contributed by atoms with van der Waals surface area (Å²) < 4.78 is 28.0. The fraction of sp³-hybridized carbons (Fsp3) is 0.562. The van der Waals surface area contributed by atoms with Crippen molar-refractivity contribution in [2.24, 2.45) is 4.99 Å². The van der Waals surface area contributed by atoms with E-state index < -0.39 is 5.92 Å². The molecule has 0 radical (unpaired) electrons. The van der Waals surface area contributed by atoms with Crippen LogP contribution < -0.4 is 4.90 Å². The topological polar surface area (TPSA) is 60.4 Å². The molecule has 2 aromatic rings. The normalized spacial score (nSPS) is 18.0. The summed E-state index contributed by atoms with van der Waals surface area (Å²) in [7, 11) is 3.41. The smallest absolute Gasteiger partial charge is 0.307 e. The summed E-state index contributed by atoms with van der Waals surface area (Å²) in [6.45, 7) is 1.01. The standard InChI is InChI=1S/C16H21F2IN6/c1-20-15(19)16(17,18)9-25-7-4-11(5-8-25)24(2)14-12-3-6-21-13(12)22-10-23-14/h3,6,10-11H,4-5,7-9H2,1-2H3,(H,21,22,23)/b20-15-. The summed E-state index contributed by atoms with van der Waals surface area (Å²) in [6.07, 6.45) is 5.04. The lowest BCUT2D eigenvalue weighted by Crippen LogP contribution is -2.48. The molecule has 0 amide bonds. The molecule has 1 N–H and O–H groups in total. The first kappa shape index (κ1) is 18.4. The summed E-state index contributed by atoms with van der Waals surface area (Å²) in [5, 5.41) is 0.979. The second-order valence-corrected chi connectivity index (χ2v) is 7.30. The van der Waals surface area contributed by atoms with Crippen LogP contribution in [0, 0.1) is 0 Å². The van der Waals surface area contributed by atoms with Crippen molar-refractivity contribution in [3.8, 4) is 0 Å². The zero-order valence-corrected chi connectivity index (χ0v) is 16.4. The maximum atomic E-state index is 14.1. The molecule has 3 heterocycles. The molecule has 0 unspecified atom stereocenters. The number of hydrogen-bond donors (Lipinski definition) is 1. The minimum absolute atomic E-state index is 0.139. The molecule has 2 aromatic heterocycles. The predicted molar refractivity (Wildman–Crippen MR) is 104 cm³/mol. The van der Waals surface area contributed by atoms with Crippen LogP contribution in [0.5, 0.6) is 0 Å². The zero-order valence-electron chi connectivity index (χ0n) is 14.2. The number of H-pyrrole nitrogens is 1. The monoisotopic (exact) mass is 462 g/mol. The fourth-order valence-electron chi connectivity index (χ4n) is 3.29. The number of aromatic nitrogens is 3. The van der Waals surface area contributed by atoms with Crippen molar-refractivity contribution in [3.05, 3.63) is 18.6 Å². The molecule has 6 nitrogen and oxygen atoms in total. The molecule has 1 aliphatic heterocycles. The molecular formula is C16H21F2IN6. The minimum atomic E-state index is -2.88. The molecular weight excluding hydrogens is 441 g/mol. The van der Waals surface area contributed by atoms with Crippen molar-refractivity contribution in [1.29, 1.82) is 0 Å². The van der Waals surface area contributed by atoms with Gasteiger partial charge in [-0.2, -0.15) is 8.78 Å². The second kappa shape index (κ2) is 7.48. The molecule has 0 atom stereocenters. The number of alkyl halides is 2. The zero-order chi connectivity index (χ0) is 18.0. The quantitative estimate of drug-likeness (QED) is 0.549. The largest absolute Gasteiger partial charge is 0.356 e. The number of hydrogen-bond acceptors (Lipinski definition) is 5. The third-order valence-corrected chi connectivity index (χ3v) is 5.96. The van der Waals surface area contributed by atoms with Crippen molar-refractivity contribution >= 4 is 43.2 Å². The van der Waals surface area contributed by atoms with Crippen LogP contribution in [0.4, 0.5) is 14.6 Å². The number of piperidine rings is 1. The van der Waals surface area contributed by atoms with Crippen LogP contribution in [-0.4, -0.2) is 69.3 Å². The summed E-state index contributed by atoms with van der Waals surface area (Å²) in [6, 6.07) is 2.24. The number of nitrogens with one attached hydrogen (secondary N) is 1. The van der Waals surface area contributed by atoms with E-state index >= 15 is 0 Å². The van der Waals surface area contributed by atoms with E-state index in [1.54, 1.807) is 28.9 Å². The van der Waals surface area contributed by atoms with Gasteiger partial charge in [0.2, 0.25) is 0 Å². The minimum Gasteiger partial charge on any atom is -0.356 e. The number of likely N-dealkylation sites (tertiary alicyclic amines) is 1. The molecule has 0 spiro atoms. The highest BCUT2D eigenvalue weighted by Gasteiger charge is 2.37. The molecule has 0 aromatic carbocycles. The number of nitrogens with zero attached hydrogens (tertiary/aromatic N) is 5. The van der Waals surface area contributed by atoms with E-state index in [1.165, 1.54) is 7.05 Å². The Labute approximate surface area is 158 Å². The van der Waals surface area contributed by atoms with Gasteiger partial charge in [0.05, 0.1) is 11.9 Å². The summed E-state index contributed by atoms with van der Waals surface area (Å²) in [4.78, 5) is 19.3. The second-order valence-electron chi connectivity index (χ2n) is 6.27. The van der Waals surface area contributed by atoms with Gasteiger partial charge in [-0.25, -0.2) is 9.97 Å². The van der Waals surface area contributed by atoms with Crippen LogP contribution in [0.1, 0.15) is 12.8 Å². The Morgan fingerprint density at radius 2 is 2.16 bits per heavy atom. The first-order valence-corrected chi connectivity index (χ1v) is 9.24. The summed E-state index contributed by atoms with van der Waals surface area (Å²) in [5.41, 5.74) is 0.808. The fourth-order valence-corrected chi connectivity index (χ4v) is 3.46. The molecule has 1 aliphatic rings. The molecule has 3 rings (SSSR count). The van der Waals surface area contributed by atoms with Crippen LogP contribution in [0.2, 0.25) is 0 Å². The predicted octanol–water partition coefficient (Wildman–Crippen LogP) is 2.96. The highest BCUT2D eigenvalue weighted by Crippen LogP contribution is 2.28. The third-order valence-electron chi connectivity index (χ3n) is 4.69. The van der Waals surface area contributed by atoms with E-state index in [-0.39, 0.29) is 16.3 Å². The first-order valence-electron chi connectivity index (χ1n) is 8.16. The highest BCUT2D eigenvalue weighted by molar-refractivity contribution is 14.1. The van der Waals surface area contributed by atoms with Gasteiger partial charge in [-0.15, -0.1) is 0 Å². The Balaban J connectivity index is 1.63.